The third-order valence-electron chi connectivity index (χ3n) is 5.63. The molecule has 0 bridgehead atoms. The van der Waals surface area contributed by atoms with Crippen LogP contribution >= 0.6 is 11.3 Å². The zero-order chi connectivity index (χ0) is 18.6. The number of aryl methyl sites for hydroxylation is 1. The number of nitrogens with zero attached hydrogens (tertiary/aromatic N) is 2. The smallest absolute Gasteiger partial charge is 0.183 e. The van der Waals surface area contributed by atoms with Crippen molar-refractivity contribution >= 4 is 21.2 Å². The van der Waals surface area contributed by atoms with E-state index < -0.39 is 9.84 Å². The molecule has 0 radical (unpaired) electrons. The molecule has 5 rings (SSSR count). The summed E-state index contributed by atoms with van der Waals surface area (Å²) in [6.45, 7) is 4.34. The van der Waals surface area contributed by atoms with E-state index in [1.165, 1.54) is 9.75 Å². The second-order valence-corrected chi connectivity index (χ2v) is 10.9. The van der Waals surface area contributed by atoms with Crippen LogP contribution in [0.3, 0.4) is 0 Å². The number of fused-ring (bicyclic) bond motifs is 3. The van der Waals surface area contributed by atoms with Gasteiger partial charge in [-0.1, -0.05) is 12.1 Å². The summed E-state index contributed by atoms with van der Waals surface area (Å²) in [5, 5.41) is -0.322. The molecule has 2 aliphatic rings. The molecule has 6 heteroatoms. The number of likely N-dealkylation sites (tertiary alicyclic amines) is 1. The molecule has 1 saturated heterocycles. The van der Waals surface area contributed by atoms with Gasteiger partial charge in [0.2, 0.25) is 0 Å². The maximum absolute atomic E-state index is 13.1. The standard InChI is InChI=1S/C21H20N2O2S2/c1-14-4-6-17(26-14)11-23-12-19-18-9-15(16-3-2-8-22-10-16)5-7-20(18)27(24,25)21(19)13-23/h2-10,19,21H,11-13H2,1H3/t19-,21-/m1/s1. The van der Waals surface area contributed by atoms with Gasteiger partial charge in [-0.25, -0.2) is 8.42 Å². The lowest BCUT2D eigenvalue weighted by atomic mass is 9.95. The largest absolute Gasteiger partial charge is 0.296 e. The number of benzene rings is 1. The van der Waals surface area contributed by atoms with E-state index in [0.29, 0.717) is 11.4 Å². The number of thiophene rings is 1. The molecule has 2 aromatic heterocycles. The second kappa shape index (κ2) is 6.26. The van der Waals surface area contributed by atoms with E-state index in [2.05, 4.69) is 35.0 Å². The first-order valence-corrected chi connectivity index (χ1v) is 11.4. The van der Waals surface area contributed by atoms with Gasteiger partial charge in [0.05, 0.1) is 10.1 Å². The second-order valence-electron chi connectivity index (χ2n) is 7.39. The summed E-state index contributed by atoms with van der Waals surface area (Å²) in [4.78, 5) is 9.59. The zero-order valence-corrected chi connectivity index (χ0v) is 16.6. The lowest BCUT2D eigenvalue weighted by Crippen LogP contribution is -2.25. The number of aromatic nitrogens is 1. The number of hydrogen-bond donors (Lipinski definition) is 0. The normalized spacial score (nSPS) is 23.3. The third kappa shape index (κ3) is 2.83. The zero-order valence-electron chi connectivity index (χ0n) is 15.0. The van der Waals surface area contributed by atoms with Gasteiger partial charge in [0, 0.05) is 47.7 Å². The SMILES string of the molecule is Cc1ccc(CN2C[C@@H]3c4cc(-c5cccnc5)ccc4S(=O)(=O)[C@@H]3C2)s1. The maximum Gasteiger partial charge on any atom is 0.183 e. The van der Waals surface area contributed by atoms with E-state index in [-0.39, 0.29) is 11.2 Å². The van der Waals surface area contributed by atoms with Gasteiger partial charge in [-0.3, -0.25) is 9.88 Å². The van der Waals surface area contributed by atoms with Gasteiger partial charge in [-0.05, 0) is 53.9 Å². The summed E-state index contributed by atoms with van der Waals surface area (Å²) in [5.74, 6) is 0.0580. The predicted molar refractivity (Wildman–Crippen MR) is 108 cm³/mol. The van der Waals surface area contributed by atoms with E-state index >= 15 is 0 Å². The van der Waals surface area contributed by atoms with Crippen molar-refractivity contribution in [2.45, 2.75) is 29.5 Å². The first kappa shape index (κ1) is 17.1. The third-order valence-corrected chi connectivity index (χ3v) is 8.87. The van der Waals surface area contributed by atoms with Crippen molar-refractivity contribution in [1.82, 2.24) is 9.88 Å². The Kier molecular flexibility index (Phi) is 3.96. The summed E-state index contributed by atoms with van der Waals surface area (Å²) in [6.07, 6.45) is 3.57. The van der Waals surface area contributed by atoms with Crippen molar-refractivity contribution in [3.05, 3.63) is 70.2 Å². The summed E-state index contributed by atoms with van der Waals surface area (Å²) in [7, 11) is -3.26. The highest BCUT2D eigenvalue weighted by molar-refractivity contribution is 7.92. The summed E-state index contributed by atoms with van der Waals surface area (Å²) in [6, 6.07) is 13.9. The molecule has 2 atom stereocenters. The van der Waals surface area contributed by atoms with E-state index in [4.69, 9.17) is 0 Å². The topological polar surface area (TPSA) is 50.3 Å². The quantitative estimate of drug-likeness (QED) is 0.674. The van der Waals surface area contributed by atoms with Crippen LogP contribution in [0.2, 0.25) is 0 Å². The highest BCUT2D eigenvalue weighted by Gasteiger charge is 2.50. The molecule has 4 nitrogen and oxygen atoms in total. The molecular formula is C21H20N2O2S2. The average Bonchev–Trinajstić information content (AvgIpc) is 3.33. The van der Waals surface area contributed by atoms with E-state index in [1.54, 1.807) is 23.6 Å². The Morgan fingerprint density at radius 3 is 2.78 bits per heavy atom. The molecule has 1 fully saturated rings. The Hall–Kier alpha value is -2.02. The first-order chi connectivity index (χ1) is 13.0. The molecule has 2 aliphatic heterocycles. The van der Waals surface area contributed by atoms with Gasteiger partial charge in [-0.2, -0.15) is 0 Å². The molecule has 0 amide bonds. The van der Waals surface area contributed by atoms with Gasteiger partial charge < -0.3 is 0 Å². The summed E-state index contributed by atoms with van der Waals surface area (Å²) < 4.78 is 26.2. The van der Waals surface area contributed by atoms with Crippen LogP contribution < -0.4 is 0 Å². The Bertz CT molecular complexity index is 1110. The van der Waals surface area contributed by atoms with Gasteiger partial charge in [0.15, 0.2) is 9.84 Å². The summed E-state index contributed by atoms with van der Waals surface area (Å²) in [5.41, 5.74) is 3.03. The van der Waals surface area contributed by atoms with Crippen molar-refractivity contribution in [2.75, 3.05) is 13.1 Å². The van der Waals surface area contributed by atoms with Crippen molar-refractivity contribution in [3.63, 3.8) is 0 Å². The molecule has 0 aliphatic carbocycles. The van der Waals surface area contributed by atoms with Crippen molar-refractivity contribution < 1.29 is 8.42 Å². The fourth-order valence-corrected chi connectivity index (χ4v) is 7.49. The van der Waals surface area contributed by atoms with Gasteiger partial charge in [0.25, 0.3) is 0 Å². The highest BCUT2D eigenvalue weighted by atomic mass is 32.2. The fourth-order valence-electron chi connectivity index (χ4n) is 4.36. The van der Waals surface area contributed by atoms with E-state index in [0.717, 1.165) is 29.8 Å². The van der Waals surface area contributed by atoms with Crippen molar-refractivity contribution in [3.8, 4) is 11.1 Å². The predicted octanol–water partition coefficient (Wildman–Crippen LogP) is 3.87. The molecule has 3 aromatic rings. The van der Waals surface area contributed by atoms with Crippen LogP contribution in [0.15, 0.2) is 59.8 Å². The van der Waals surface area contributed by atoms with Gasteiger partial charge in [0.1, 0.15) is 0 Å². The maximum atomic E-state index is 13.1. The Morgan fingerprint density at radius 1 is 1.15 bits per heavy atom. The molecule has 27 heavy (non-hydrogen) atoms. The van der Waals surface area contributed by atoms with Crippen LogP contribution in [-0.2, 0) is 16.4 Å². The van der Waals surface area contributed by atoms with Crippen LogP contribution in [0.1, 0.15) is 21.2 Å². The Morgan fingerprint density at radius 2 is 2.04 bits per heavy atom. The van der Waals surface area contributed by atoms with Gasteiger partial charge >= 0.3 is 0 Å². The number of sulfone groups is 1. The van der Waals surface area contributed by atoms with Crippen LogP contribution in [0.25, 0.3) is 11.1 Å². The molecule has 1 aromatic carbocycles. The number of hydrogen-bond acceptors (Lipinski definition) is 5. The van der Waals surface area contributed by atoms with Crippen molar-refractivity contribution in [1.29, 1.82) is 0 Å². The molecule has 0 saturated carbocycles. The van der Waals surface area contributed by atoms with Gasteiger partial charge in [-0.15, -0.1) is 11.3 Å². The highest BCUT2D eigenvalue weighted by Crippen LogP contribution is 2.46. The minimum absolute atomic E-state index is 0.0580. The van der Waals surface area contributed by atoms with E-state index in [9.17, 15) is 8.42 Å². The first-order valence-electron chi connectivity index (χ1n) is 9.08. The lowest BCUT2D eigenvalue weighted by Gasteiger charge is -2.16. The molecule has 0 unspecified atom stereocenters. The molecule has 0 N–H and O–H groups in total. The van der Waals surface area contributed by atoms with Crippen molar-refractivity contribution in [2.24, 2.45) is 0 Å². The molecule has 0 spiro atoms. The average molecular weight is 397 g/mol. The monoisotopic (exact) mass is 396 g/mol. The fraction of sp³-hybridized carbons (Fsp3) is 0.286. The van der Waals surface area contributed by atoms with Crippen LogP contribution in [0.5, 0.6) is 0 Å². The Balaban J connectivity index is 1.48. The minimum Gasteiger partial charge on any atom is -0.296 e. The molecule has 4 heterocycles. The number of pyridine rings is 1. The lowest BCUT2D eigenvalue weighted by molar-refractivity contribution is 0.328. The molecule has 138 valence electrons. The Labute approximate surface area is 163 Å². The van der Waals surface area contributed by atoms with Crippen LogP contribution in [0.4, 0.5) is 0 Å². The van der Waals surface area contributed by atoms with Crippen LogP contribution in [-0.4, -0.2) is 36.6 Å². The van der Waals surface area contributed by atoms with E-state index in [1.807, 2.05) is 24.4 Å². The molecular weight excluding hydrogens is 376 g/mol. The summed E-state index contributed by atoms with van der Waals surface area (Å²) >= 11 is 1.79. The minimum atomic E-state index is -3.26. The van der Waals surface area contributed by atoms with Crippen LogP contribution in [0, 0.1) is 6.92 Å². The number of rotatable bonds is 3.